The van der Waals surface area contributed by atoms with E-state index in [1.165, 1.54) is 5.56 Å². The van der Waals surface area contributed by atoms with Crippen LogP contribution in [0.4, 0.5) is 5.69 Å². The molecule has 0 bridgehead atoms. The van der Waals surface area contributed by atoms with Crippen LogP contribution in [-0.4, -0.2) is 14.1 Å². The number of aryl methyl sites for hydroxylation is 3. The summed E-state index contributed by atoms with van der Waals surface area (Å²) in [6.45, 7) is 8.31. The fraction of sp³-hybridized carbons (Fsp3) is 0.438. The van der Waals surface area contributed by atoms with Crippen LogP contribution in [0, 0.1) is 27.7 Å². The predicted molar refractivity (Wildman–Crippen MR) is 83.7 cm³/mol. The van der Waals surface area contributed by atoms with Crippen molar-refractivity contribution in [2.45, 2.75) is 34.2 Å². The summed E-state index contributed by atoms with van der Waals surface area (Å²) in [6.07, 6.45) is 0. The number of anilines is 1. The van der Waals surface area contributed by atoms with Crippen molar-refractivity contribution >= 4 is 16.7 Å². The average molecular weight is 3400 g/mol. The van der Waals surface area contributed by atoms with E-state index in [0.29, 0.717) is 11.1 Å². The van der Waals surface area contributed by atoms with E-state index in [0.717, 1.165) is 27.8 Å². The van der Waals surface area contributed by atoms with Gasteiger partial charge in [0, 0.05) is 395 Å². The van der Waals surface area contributed by atoms with Crippen LogP contribution in [0.2, 0.25) is 0 Å². The largest absolute Gasteiger partial charge is 0.422 e. The van der Waals surface area contributed by atoms with Crippen LogP contribution in [0.15, 0.2) is 9.21 Å². The normalized spacial score (nSPS) is 6.03. The van der Waals surface area contributed by atoms with Crippen molar-refractivity contribution in [2.75, 3.05) is 19.0 Å². The van der Waals surface area contributed by atoms with E-state index in [4.69, 9.17) is 10.2 Å². The first-order valence-corrected chi connectivity index (χ1v) is 6.74. The Morgan fingerprint density at radius 3 is 1.16 bits per heavy atom. The quantitative estimate of drug-likeness (QED) is 0.471. The maximum Gasteiger partial charge on any atom is 0.341 e. The molecule has 1 aromatic carbocycles. The van der Waals surface area contributed by atoms with Crippen LogP contribution in [0.3, 0.4) is 0 Å². The fourth-order valence-electron chi connectivity index (χ4n) is 3.06. The van der Waals surface area contributed by atoms with Crippen molar-refractivity contribution in [3.63, 3.8) is 0 Å². The molecule has 37 heavy (non-hydrogen) atoms. The molecule has 0 saturated heterocycles. The molecule has 21 heteroatoms. The number of hydrogen-bond donors (Lipinski definition) is 1. The Bertz CT molecular complexity index is 780. The number of fused-ring (bicyclic) bond motifs is 1. The maximum atomic E-state index is 12.1. The SMILES string of the molecule is Cc1c(N(C)C)c(C)c2oc(=O)c(CN)c(C)c2c1C.[W].[W].[W].[W].[W].[W].[W].[W].[W].[W].[W].[W].[W].[W].[W].[W].[W]. The summed E-state index contributed by atoms with van der Waals surface area (Å²) in [5, 5.41) is 1.02. The van der Waals surface area contributed by atoms with E-state index in [9.17, 15) is 4.79 Å². The summed E-state index contributed by atoms with van der Waals surface area (Å²) in [6, 6.07) is 0. The third-order valence-electron chi connectivity index (χ3n) is 4.14. The van der Waals surface area contributed by atoms with Crippen molar-refractivity contribution in [2.24, 2.45) is 5.73 Å². The van der Waals surface area contributed by atoms with Crippen LogP contribution < -0.4 is 16.3 Å². The summed E-state index contributed by atoms with van der Waals surface area (Å²) < 4.78 is 5.56. The van der Waals surface area contributed by atoms with Gasteiger partial charge in [0.2, 0.25) is 0 Å². The van der Waals surface area contributed by atoms with Gasteiger partial charge in [-0.2, -0.15) is 0 Å². The van der Waals surface area contributed by atoms with Gasteiger partial charge in [-0.05, 0) is 44.4 Å². The van der Waals surface area contributed by atoms with E-state index >= 15 is 0 Å². The second-order valence-corrected chi connectivity index (χ2v) is 5.52. The standard InChI is InChI=1S/C16H22N2O2.17W/c1-8-9(2)14(18(5)6)11(4)15-13(8)10(3)12(7-17)16(19)20-15;;;;;;;;;;;;;;;;;/h7,17H2,1-6H3;;;;;;;;;;;;;;;;;. The zero-order chi connectivity index (χ0) is 15.2. The number of rotatable bonds is 2. The monoisotopic (exact) mass is 3400 g/mol. The molecule has 0 fully saturated rings. The number of hydrogen-bond acceptors (Lipinski definition) is 4. The molecular formula is C16H22N2O2W17. The molecule has 2 rings (SSSR count). The van der Waals surface area contributed by atoms with Gasteiger partial charge in [0.1, 0.15) is 5.58 Å². The van der Waals surface area contributed by atoms with E-state index < -0.39 is 0 Å². The second-order valence-electron chi connectivity index (χ2n) is 5.52. The average Bonchev–Trinajstić information content (AvgIpc) is 2.36. The second kappa shape index (κ2) is 52.7. The van der Waals surface area contributed by atoms with Gasteiger partial charge in [-0.3, -0.25) is 0 Å². The van der Waals surface area contributed by atoms with Gasteiger partial charge in [-0.1, -0.05) is 0 Å². The van der Waals surface area contributed by atoms with Crippen molar-refractivity contribution < 1.29 is 363 Å². The van der Waals surface area contributed by atoms with E-state index in [1.54, 1.807) is 0 Å². The van der Waals surface area contributed by atoms with E-state index in [2.05, 4.69) is 18.7 Å². The molecule has 0 unspecified atom stereocenters. The number of benzene rings is 1. The van der Waals surface area contributed by atoms with Gasteiger partial charge >= 0.3 is 5.63 Å². The molecule has 0 saturated carbocycles. The van der Waals surface area contributed by atoms with Crippen LogP contribution in [-0.2, 0) is 365 Å². The third kappa shape index (κ3) is 28.3. The summed E-state index contributed by atoms with van der Waals surface area (Å²) >= 11 is 0. The minimum absolute atomic E-state index is 0. The fourth-order valence-corrected chi connectivity index (χ4v) is 3.06. The molecular weight excluding hydrogens is 3380 g/mol. The Labute approximate surface area is 465 Å². The zero-order valence-corrected chi connectivity index (χ0v) is 69.9. The molecule has 0 aliphatic carbocycles. The third-order valence-corrected chi connectivity index (χ3v) is 4.14. The van der Waals surface area contributed by atoms with Crippen molar-refractivity contribution in [1.29, 1.82) is 0 Å². The molecule has 0 radical (unpaired) electrons. The Balaban J connectivity index is -0.0000000185. The minimum atomic E-state index is -0.325. The van der Waals surface area contributed by atoms with Crippen LogP contribution in [0.5, 0.6) is 0 Å². The van der Waals surface area contributed by atoms with Crippen molar-refractivity contribution in [3.8, 4) is 0 Å². The molecule has 0 aliphatic heterocycles. The van der Waals surface area contributed by atoms with Gasteiger partial charge in [0.05, 0.1) is 5.56 Å². The van der Waals surface area contributed by atoms with Gasteiger partial charge in [-0.15, -0.1) is 0 Å². The summed E-state index contributed by atoms with van der Waals surface area (Å²) in [5.74, 6) is 0. The first-order valence-electron chi connectivity index (χ1n) is 6.74. The number of nitrogens with zero attached hydrogens (tertiary/aromatic N) is 1. The Morgan fingerprint density at radius 1 is 0.568 bits per heavy atom. The van der Waals surface area contributed by atoms with Crippen molar-refractivity contribution in [3.05, 3.63) is 38.2 Å². The Hall–Kier alpha value is 9.89. The first-order chi connectivity index (χ1) is 9.31. The summed E-state index contributed by atoms with van der Waals surface area (Å²) in [4.78, 5) is 14.1. The molecule has 2 aromatic rings. The molecule has 0 aliphatic rings. The van der Waals surface area contributed by atoms with Gasteiger partial charge < -0.3 is 15.1 Å². The Kier molecular flexibility index (Phi) is 147. The molecule has 4 nitrogen and oxygen atoms in total. The molecule has 1 heterocycles. The van der Waals surface area contributed by atoms with E-state index in [-0.39, 0.29) is 370 Å². The zero-order valence-electron chi connectivity index (χ0n) is 20.0. The van der Waals surface area contributed by atoms with Gasteiger partial charge in [-0.25, -0.2) is 4.79 Å². The molecule has 2 N–H and O–H groups in total. The van der Waals surface area contributed by atoms with Crippen LogP contribution >= 0.6 is 0 Å². The first kappa shape index (κ1) is 103. The molecule has 0 spiro atoms. The summed E-state index contributed by atoms with van der Waals surface area (Å²) in [7, 11) is 4.00. The smallest absolute Gasteiger partial charge is 0.341 e. The summed E-state index contributed by atoms with van der Waals surface area (Å²) in [5.41, 5.74) is 12.0. The van der Waals surface area contributed by atoms with E-state index in [1.807, 2.05) is 27.9 Å². The topological polar surface area (TPSA) is 59.5 Å². The van der Waals surface area contributed by atoms with Crippen molar-refractivity contribution in [1.82, 2.24) is 0 Å². The molecule has 210 valence electrons. The van der Waals surface area contributed by atoms with Gasteiger partial charge in [0.25, 0.3) is 0 Å². The number of nitrogens with two attached hydrogens (primary N) is 1. The Morgan fingerprint density at radius 2 is 0.892 bits per heavy atom. The van der Waals surface area contributed by atoms with Crippen LogP contribution in [0.1, 0.15) is 27.8 Å². The maximum absolute atomic E-state index is 12.1. The molecule has 0 amide bonds. The predicted octanol–water partition coefficient (Wildman–Crippen LogP) is 2.51. The molecule has 1 aromatic heterocycles. The molecule has 0 atom stereocenters. The van der Waals surface area contributed by atoms with Crippen LogP contribution in [0.25, 0.3) is 11.0 Å². The minimum Gasteiger partial charge on any atom is -0.422 e. The van der Waals surface area contributed by atoms with Gasteiger partial charge in [0.15, 0.2) is 0 Å².